The van der Waals surface area contributed by atoms with Crippen LogP contribution in [0.25, 0.3) is 0 Å². The predicted molar refractivity (Wildman–Crippen MR) is 61.9 cm³/mol. The number of hydrogen-bond donors (Lipinski definition) is 2. The van der Waals surface area contributed by atoms with Crippen LogP contribution < -0.4 is 10.6 Å². The molecule has 0 aromatic carbocycles. The fourth-order valence-electron chi connectivity index (χ4n) is 1.84. The van der Waals surface area contributed by atoms with Crippen LogP contribution in [0.15, 0.2) is 18.3 Å². The minimum absolute atomic E-state index is 0.947. The van der Waals surface area contributed by atoms with Crippen molar-refractivity contribution in [3.8, 4) is 0 Å². The van der Waals surface area contributed by atoms with Gasteiger partial charge in [-0.05, 0) is 17.7 Å². The van der Waals surface area contributed by atoms with E-state index in [9.17, 15) is 0 Å². The van der Waals surface area contributed by atoms with Crippen LogP contribution in [0, 0.1) is 0 Å². The van der Waals surface area contributed by atoms with Crippen molar-refractivity contribution in [3.05, 3.63) is 23.9 Å². The Labute approximate surface area is 90.7 Å². The van der Waals surface area contributed by atoms with Crippen LogP contribution in [-0.4, -0.2) is 43.1 Å². The molecule has 0 atom stereocenters. The highest BCUT2D eigenvalue weighted by atomic mass is 15.2. The zero-order valence-corrected chi connectivity index (χ0v) is 9.16. The number of piperazine rings is 1. The summed E-state index contributed by atoms with van der Waals surface area (Å²) in [5.41, 5.74) is 1.33. The van der Waals surface area contributed by atoms with Gasteiger partial charge in [-0.2, -0.15) is 0 Å². The number of pyridine rings is 1. The van der Waals surface area contributed by atoms with Crippen molar-refractivity contribution in [2.45, 2.75) is 6.54 Å². The van der Waals surface area contributed by atoms with Crippen molar-refractivity contribution in [1.82, 2.24) is 15.2 Å². The molecule has 2 N–H and O–H groups in total. The first-order valence-corrected chi connectivity index (χ1v) is 5.44. The van der Waals surface area contributed by atoms with Crippen LogP contribution in [0.4, 0.5) is 5.82 Å². The lowest BCUT2D eigenvalue weighted by molar-refractivity contribution is 0.233. The van der Waals surface area contributed by atoms with Gasteiger partial charge >= 0.3 is 0 Å². The minimum atomic E-state index is 0.947. The molecule has 1 saturated heterocycles. The molecule has 1 aliphatic rings. The Balaban J connectivity index is 1.96. The predicted octanol–water partition coefficient (Wildman–Crippen LogP) is 0.528. The summed E-state index contributed by atoms with van der Waals surface area (Å²) < 4.78 is 0. The first kappa shape index (κ1) is 10.4. The quantitative estimate of drug-likeness (QED) is 0.757. The third kappa shape index (κ3) is 2.91. The van der Waals surface area contributed by atoms with Crippen molar-refractivity contribution >= 4 is 5.82 Å². The van der Waals surface area contributed by atoms with Gasteiger partial charge in [-0.25, -0.2) is 4.98 Å². The van der Waals surface area contributed by atoms with E-state index >= 15 is 0 Å². The Kier molecular flexibility index (Phi) is 3.53. The fourth-order valence-corrected chi connectivity index (χ4v) is 1.84. The summed E-state index contributed by atoms with van der Waals surface area (Å²) in [5, 5.41) is 6.42. The van der Waals surface area contributed by atoms with Gasteiger partial charge in [0.1, 0.15) is 5.82 Å². The Morgan fingerprint density at radius 3 is 3.00 bits per heavy atom. The van der Waals surface area contributed by atoms with E-state index in [0.29, 0.717) is 0 Å². The maximum Gasteiger partial charge on any atom is 0.125 e. The van der Waals surface area contributed by atoms with E-state index in [0.717, 1.165) is 38.5 Å². The molecule has 2 rings (SSSR count). The van der Waals surface area contributed by atoms with Crippen molar-refractivity contribution < 1.29 is 0 Å². The van der Waals surface area contributed by atoms with Gasteiger partial charge in [0.25, 0.3) is 0 Å². The molecule has 0 amide bonds. The Morgan fingerprint density at radius 2 is 2.27 bits per heavy atom. The second-order valence-electron chi connectivity index (χ2n) is 3.83. The molecule has 0 radical (unpaired) electrons. The zero-order valence-electron chi connectivity index (χ0n) is 9.16. The molecule has 1 aromatic rings. The Hall–Kier alpha value is -1.13. The van der Waals surface area contributed by atoms with Crippen LogP contribution in [0.1, 0.15) is 5.56 Å². The van der Waals surface area contributed by atoms with Gasteiger partial charge in [-0.1, -0.05) is 0 Å². The number of hydrogen-bond acceptors (Lipinski definition) is 4. The molecule has 0 aliphatic carbocycles. The van der Waals surface area contributed by atoms with E-state index in [1.54, 1.807) is 0 Å². The maximum absolute atomic E-state index is 4.21. The van der Waals surface area contributed by atoms with E-state index in [4.69, 9.17) is 0 Å². The fraction of sp³-hybridized carbons (Fsp3) is 0.545. The highest BCUT2D eigenvalue weighted by Gasteiger charge is 2.09. The second kappa shape index (κ2) is 5.09. The lowest BCUT2D eigenvalue weighted by Gasteiger charge is -2.27. The van der Waals surface area contributed by atoms with Crippen LogP contribution in [0.3, 0.4) is 0 Å². The molecule has 1 aromatic heterocycles. The molecule has 15 heavy (non-hydrogen) atoms. The van der Waals surface area contributed by atoms with E-state index in [1.807, 2.05) is 13.2 Å². The minimum Gasteiger partial charge on any atom is -0.373 e. The number of nitrogens with zero attached hydrogens (tertiary/aromatic N) is 2. The molecule has 0 spiro atoms. The standard InChI is InChI=1S/C11H18N4/c1-12-11-8-10(2-3-14-11)9-15-6-4-13-5-7-15/h2-3,8,13H,4-7,9H2,1H3,(H,12,14). The van der Waals surface area contributed by atoms with E-state index in [1.165, 1.54) is 5.56 Å². The SMILES string of the molecule is CNc1cc(CN2CCNCC2)ccn1. The van der Waals surface area contributed by atoms with Gasteiger partial charge < -0.3 is 10.6 Å². The molecule has 2 heterocycles. The molecule has 1 aliphatic heterocycles. The molecule has 82 valence electrons. The smallest absolute Gasteiger partial charge is 0.125 e. The third-order valence-electron chi connectivity index (χ3n) is 2.70. The summed E-state index contributed by atoms with van der Waals surface area (Å²) >= 11 is 0. The molecule has 0 unspecified atom stereocenters. The number of nitrogens with one attached hydrogen (secondary N) is 2. The van der Waals surface area contributed by atoms with Gasteiger partial charge in [0.15, 0.2) is 0 Å². The highest BCUT2D eigenvalue weighted by Crippen LogP contribution is 2.09. The highest BCUT2D eigenvalue weighted by molar-refractivity contribution is 5.36. The molecular formula is C11H18N4. The van der Waals surface area contributed by atoms with Crippen LogP contribution >= 0.6 is 0 Å². The monoisotopic (exact) mass is 206 g/mol. The van der Waals surface area contributed by atoms with Crippen molar-refractivity contribution in [2.75, 3.05) is 38.5 Å². The molecular weight excluding hydrogens is 188 g/mol. The average molecular weight is 206 g/mol. The molecule has 0 bridgehead atoms. The lowest BCUT2D eigenvalue weighted by Crippen LogP contribution is -2.42. The number of anilines is 1. The molecule has 4 nitrogen and oxygen atoms in total. The van der Waals surface area contributed by atoms with E-state index < -0.39 is 0 Å². The second-order valence-corrected chi connectivity index (χ2v) is 3.83. The van der Waals surface area contributed by atoms with E-state index in [2.05, 4.69) is 32.7 Å². The largest absolute Gasteiger partial charge is 0.373 e. The molecule has 1 fully saturated rings. The van der Waals surface area contributed by atoms with Crippen LogP contribution in [-0.2, 0) is 6.54 Å². The number of rotatable bonds is 3. The van der Waals surface area contributed by atoms with Gasteiger partial charge in [0, 0.05) is 46.0 Å². The summed E-state index contributed by atoms with van der Waals surface area (Å²) in [6, 6.07) is 4.20. The zero-order chi connectivity index (χ0) is 10.5. The van der Waals surface area contributed by atoms with Crippen LogP contribution in [0.2, 0.25) is 0 Å². The Bertz CT molecular complexity index is 307. The van der Waals surface area contributed by atoms with E-state index in [-0.39, 0.29) is 0 Å². The third-order valence-corrected chi connectivity index (χ3v) is 2.70. The first-order valence-electron chi connectivity index (χ1n) is 5.44. The summed E-state index contributed by atoms with van der Waals surface area (Å²) in [5.74, 6) is 0.947. The lowest BCUT2D eigenvalue weighted by atomic mass is 10.2. The van der Waals surface area contributed by atoms with Crippen molar-refractivity contribution in [3.63, 3.8) is 0 Å². The van der Waals surface area contributed by atoms with Gasteiger partial charge in [0.2, 0.25) is 0 Å². The van der Waals surface area contributed by atoms with Gasteiger partial charge in [-0.3, -0.25) is 4.90 Å². The maximum atomic E-state index is 4.21. The average Bonchev–Trinajstić information content (AvgIpc) is 2.31. The summed E-state index contributed by atoms with van der Waals surface area (Å²) in [6.07, 6.45) is 1.86. The summed E-state index contributed by atoms with van der Waals surface area (Å²) in [4.78, 5) is 6.67. The summed E-state index contributed by atoms with van der Waals surface area (Å²) in [6.45, 7) is 5.50. The van der Waals surface area contributed by atoms with Gasteiger partial charge in [-0.15, -0.1) is 0 Å². The van der Waals surface area contributed by atoms with Crippen molar-refractivity contribution in [2.24, 2.45) is 0 Å². The molecule has 0 saturated carbocycles. The summed E-state index contributed by atoms with van der Waals surface area (Å²) in [7, 11) is 1.90. The first-order chi connectivity index (χ1) is 7.38. The van der Waals surface area contributed by atoms with Crippen molar-refractivity contribution in [1.29, 1.82) is 0 Å². The number of aromatic nitrogens is 1. The normalized spacial score (nSPS) is 17.7. The topological polar surface area (TPSA) is 40.2 Å². The van der Waals surface area contributed by atoms with Crippen LogP contribution in [0.5, 0.6) is 0 Å². The molecule has 4 heteroatoms. The Morgan fingerprint density at radius 1 is 1.47 bits per heavy atom. The van der Waals surface area contributed by atoms with Gasteiger partial charge in [0.05, 0.1) is 0 Å².